The van der Waals surface area contributed by atoms with Gasteiger partial charge in [-0.25, -0.2) is 14.8 Å². The minimum Gasteiger partial charge on any atom is -0.378 e. The quantitative estimate of drug-likeness (QED) is 0.309. The van der Waals surface area contributed by atoms with Gasteiger partial charge in [-0.15, -0.1) is 0 Å². The van der Waals surface area contributed by atoms with Crippen molar-refractivity contribution in [3.63, 3.8) is 0 Å². The van der Waals surface area contributed by atoms with Gasteiger partial charge in [-0.3, -0.25) is 4.98 Å². The van der Waals surface area contributed by atoms with Crippen LogP contribution in [-0.2, 0) is 4.74 Å². The van der Waals surface area contributed by atoms with Crippen LogP contribution in [0.4, 0.5) is 27.5 Å². The largest absolute Gasteiger partial charge is 0.378 e. The Morgan fingerprint density at radius 2 is 1.80 bits per heavy atom. The van der Waals surface area contributed by atoms with E-state index in [0.717, 1.165) is 28.8 Å². The highest BCUT2D eigenvalue weighted by molar-refractivity contribution is 5.78. The average molecular weight is 472 g/mol. The number of benzene rings is 1. The lowest BCUT2D eigenvalue weighted by atomic mass is 10.1. The summed E-state index contributed by atoms with van der Waals surface area (Å²) in [4.78, 5) is 14.4. The summed E-state index contributed by atoms with van der Waals surface area (Å²) >= 11 is 0. The van der Waals surface area contributed by atoms with Crippen LogP contribution in [0.25, 0.3) is 11.3 Å². The lowest BCUT2D eigenvalue weighted by molar-refractivity contribution is 0.122. The summed E-state index contributed by atoms with van der Waals surface area (Å²) in [6.45, 7) is 2.23. The fourth-order valence-corrected chi connectivity index (χ4v) is 3.47. The molecule has 0 radical (unpaired) electrons. The molecule has 0 unspecified atom stereocenters. The molecule has 176 valence electrons. The van der Waals surface area contributed by atoms with Crippen LogP contribution >= 0.6 is 0 Å². The number of anilines is 4. The van der Waals surface area contributed by atoms with Crippen molar-refractivity contribution in [2.75, 3.05) is 41.9 Å². The Labute approximate surface area is 200 Å². The number of hydrogen-bond donors (Lipinski definition) is 2. The Bertz CT molecular complexity index is 1280. The van der Waals surface area contributed by atoms with Gasteiger partial charge in [0.15, 0.2) is 11.6 Å². The third-order valence-corrected chi connectivity index (χ3v) is 5.23. The molecule has 5 rings (SSSR count). The van der Waals surface area contributed by atoms with E-state index >= 15 is 0 Å². The molecule has 1 fully saturated rings. The van der Waals surface area contributed by atoms with Gasteiger partial charge in [0.05, 0.1) is 48.9 Å². The zero-order valence-electron chi connectivity index (χ0n) is 18.7. The number of ether oxygens (including phenoxy) is 1. The van der Waals surface area contributed by atoms with E-state index < -0.39 is 5.82 Å². The van der Waals surface area contributed by atoms with Crippen LogP contribution in [0.15, 0.2) is 72.2 Å². The molecule has 1 saturated heterocycles. The van der Waals surface area contributed by atoms with Gasteiger partial charge in [0.25, 0.3) is 0 Å². The summed E-state index contributed by atoms with van der Waals surface area (Å²) < 4.78 is 19.4. The summed E-state index contributed by atoms with van der Waals surface area (Å²) in [5.41, 5.74) is 6.93. The molecule has 10 nitrogen and oxygen atoms in total. The van der Waals surface area contributed by atoms with Crippen molar-refractivity contribution >= 4 is 29.4 Å². The number of aromatic nitrogens is 5. The summed E-state index contributed by atoms with van der Waals surface area (Å²) in [5, 5.41) is 15.5. The first kappa shape index (κ1) is 22.3. The highest BCUT2D eigenvalue weighted by Crippen LogP contribution is 2.21. The maximum absolute atomic E-state index is 14.1. The summed E-state index contributed by atoms with van der Waals surface area (Å²) in [6, 6.07) is 15.4. The molecule has 1 aliphatic rings. The summed E-state index contributed by atoms with van der Waals surface area (Å²) in [6.07, 6.45) is 6.04. The van der Waals surface area contributed by atoms with Crippen molar-refractivity contribution in [3.8, 4) is 11.3 Å². The van der Waals surface area contributed by atoms with Gasteiger partial charge in [-0.1, -0.05) is 12.1 Å². The zero-order chi connectivity index (χ0) is 23.9. The van der Waals surface area contributed by atoms with E-state index in [1.165, 1.54) is 0 Å². The van der Waals surface area contributed by atoms with Gasteiger partial charge in [-0.2, -0.15) is 20.3 Å². The number of nitrogens with zero attached hydrogens (tertiary/aromatic N) is 7. The van der Waals surface area contributed by atoms with Crippen LogP contribution in [-0.4, -0.2) is 57.7 Å². The molecule has 1 aliphatic heterocycles. The van der Waals surface area contributed by atoms with E-state index in [0.29, 0.717) is 32.0 Å². The van der Waals surface area contributed by atoms with Crippen LogP contribution in [0.2, 0.25) is 0 Å². The fraction of sp³-hybridized carbons (Fsp3) is 0.167. The Balaban J connectivity index is 1.18. The molecule has 35 heavy (non-hydrogen) atoms. The minimum atomic E-state index is -0.477. The fourth-order valence-electron chi connectivity index (χ4n) is 3.47. The molecular weight excluding hydrogens is 449 g/mol. The second kappa shape index (κ2) is 10.6. The number of hydrogen-bond acceptors (Lipinski definition) is 10. The van der Waals surface area contributed by atoms with Gasteiger partial charge in [-0.05, 0) is 36.4 Å². The highest BCUT2D eigenvalue weighted by Gasteiger charge is 2.17. The van der Waals surface area contributed by atoms with Crippen LogP contribution in [0.3, 0.4) is 0 Å². The van der Waals surface area contributed by atoms with Crippen LogP contribution in [0.5, 0.6) is 0 Å². The molecule has 0 saturated carbocycles. The molecule has 0 amide bonds. The predicted octanol–water partition coefficient (Wildman–Crippen LogP) is 3.49. The molecule has 2 N–H and O–H groups in total. The van der Waals surface area contributed by atoms with E-state index in [-0.39, 0.29) is 11.8 Å². The van der Waals surface area contributed by atoms with Crippen LogP contribution < -0.4 is 15.6 Å². The third-order valence-electron chi connectivity index (χ3n) is 5.23. The lowest BCUT2D eigenvalue weighted by Crippen LogP contribution is -2.37. The number of halogens is 1. The average Bonchev–Trinajstić information content (AvgIpc) is 2.92. The van der Waals surface area contributed by atoms with Crippen molar-refractivity contribution in [2.24, 2.45) is 5.10 Å². The monoisotopic (exact) mass is 471 g/mol. The van der Waals surface area contributed by atoms with Crippen molar-refractivity contribution in [1.82, 2.24) is 25.1 Å². The standard InChI is InChI=1S/C24H22FN9O/c25-21-16-27-24(31-23(21)34-10-12-35-13-11-34)33-29-15-19-7-8-20(14-26-19)30-18-5-3-17(4-6-18)22-2-1-9-28-32-22/h1-9,14-16,30H,10-13H2,(H,27,31,33)/b29-15+. The predicted molar refractivity (Wildman–Crippen MR) is 131 cm³/mol. The number of hydrazone groups is 1. The first-order valence-corrected chi connectivity index (χ1v) is 11.0. The second-order valence-corrected chi connectivity index (χ2v) is 7.62. The van der Waals surface area contributed by atoms with Gasteiger partial charge in [0.1, 0.15) is 0 Å². The first-order chi connectivity index (χ1) is 17.2. The van der Waals surface area contributed by atoms with Gasteiger partial charge in [0, 0.05) is 30.5 Å². The normalized spacial score (nSPS) is 13.7. The zero-order valence-corrected chi connectivity index (χ0v) is 18.7. The van der Waals surface area contributed by atoms with Crippen molar-refractivity contribution in [1.29, 1.82) is 0 Å². The summed E-state index contributed by atoms with van der Waals surface area (Å²) in [5.74, 6) is -0.0405. The molecule has 11 heteroatoms. The number of nitrogens with one attached hydrogen (secondary N) is 2. The van der Waals surface area contributed by atoms with Gasteiger partial charge >= 0.3 is 0 Å². The first-order valence-electron chi connectivity index (χ1n) is 11.0. The Hall–Kier alpha value is -4.51. The smallest absolute Gasteiger partial charge is 0.245 e. The van der Waals surface area contributed by atoms with Crippen molar-refractivity contribution in [2.45, 2.75) is 0 Å². The maximum atomic E-state index is 14.1. The molecule has 0 spiro atoms. The Morgan fingerprint density at radius 1 is 0.971 bits per heavy atom. The van der Waals surface area contributed by atoms with Crippen LogP contribution in [0, 0.1) is 5.82 Å². The number of morpholine rings is 1. The van der Waals surface area contributed by atoms with Gasteiger partial charge < -0.3 is 15.0 Å². The lowest BCUT2D eigenvalue weighted by Gasteiger charge is -2.27. The van der Waals surface area contributed by atoms with E-state index in [9.17, 15) is 4.39 Å². The van der Waals surface area contributed by atoms with E-state index in [4.69, 9.17) is 4.74 Å². The number of rotatable bonds is 7. The minimum absolute atomic E-state index is 0.201. The SMILES string of the molecule is Fc1cnc(N/N=C/c2ccc(Nc3ccc(-c4cccnn4)cc3)cn2)nc1N1CCOCC1. The van der Waals surface area contributed by atoms with E-state index in [1.54, 1.807) is 18.6 Å². The Kier molecular flexibility index (Phi) is 6.76. The van der Waals surface area contributed by atoms with Crippen molar-refractivity contribution in [3.05, 3.63) is 78.6 Å². The molecule has 0 atom stereocenters. The molecular formula is C24H22FN9O. The molecule has 3 aromatic heterocycles. The molecule has 1 aromatic carbocycles. The maximum Gasteiger partial charge on any atom is 0.245 e. The van der Waals surface area contributed by atoms with Crippen molar-refractivity contribution < 1.29 is 9.13 Å². The highest BCUT2D eigenvalue weighted by atomic mass is 19.1. The molecule has 0 aliphatic carbocycles. The molecule has 4 heterocycles. The summed E-state index contributed by atoms with van der Waals surface area (Å²) in [7, 11) is 0. The van der Waals surface area contributed by atoms with E-state index in [2.05, 4.69) is 41.0 Å². The second-order valence-electron chi connectivity index (χ2n) is 7.62. The molecule has 0 bridgehead atoms. The number of pyridine rings is 1. The Morgan fingerprint density at radius 3 is 2.54 bits per heavy atom. The van der Waals surface area contributed by atoms with Gasteiger partial charge in [0.2, 0.25) is 5.95 Å². The van der Waals surface area contributed by atoms with Crippen LogP contribution in [0.1, 0.15) is 5.69 Å². The molecule has 4 aromatic rings. The topological polar surface area (TPSA) is 113 Å². The third kappa shape index (κ3) is 5.71. The van der Waals surface area contributed by atoms with E-state index in [1.807, 2.05) is 53.4 Å².